The van der Waals surface area contributed by atoms with Crippen molar-refractivity contribution in [2.75, 3.05) is 18.9 Å². The predicted octanol–water partition coefficient (Wildman–Crippen LogP) is 1.51. The van der Waals surface area contributed by atoms with Crippen LogP contribution < -0.4 is 5.73 Å². The number of rotatable bonds is 3. The minimum Gasteiger partial charge on any atom is -0.383 e. The van der Waals surface area contributed by atoms with E-state index in [0.29, 0.717) is 42.0 Å². The van der Waals surface area contributed by atoms with Crippen LogP contribution in [0.3, 0.4) is 0 Å². The number of nitrogens with two attached hydrogens (primary N) is 1. The van der Waals surface area contributed by atoms with Crippen LogP contribution in [0.1, 0.15) is 30.6 Å². The molecule has 0 bridgehead atoms. The molecule has 0 aromatic carbocycles. The van der Waals surface area contributed by atoms with Gasteiger partial charge in [-0.3, -0.25) is 0 Å². The highest BCUT2D eigenvalue weighted by atomic mass is 16.5. The fourth-order valence-corrected chi connectivity index (χ4v) is 2.75. The second-order valence-electron chi connectivity index (χ2n) is 5.83. The lowest BCUT2D eigenvalue weighted by Gasteiger charge is -2.26. The van der Waals surface area contributed by atoms with Gasteiger partial charge in [-0.05, 0) is 12.8 Å². The lowest BCUT2D eigenvalue weighted by molar-refractivity contribution is -0.0268. The van der Waals surface area contributed by atoms with Gasteiger partial charge in [0.15, 0.2) is 5.65 Å². The largest absolute Gasteiger partial charge is 0.383 e. The van der Waals surface area contributed by atoms with Gasteiger partial charge in [-0.25, -0.2) is 14.6 Å². The first kappa shape index (κ1) is 12.1. The Balaban J connectivity index is 1.71. The highest BCUT2D eigenvalue weighted by molar-refractivity contribution is 5.97. The Morgan fingerprint density at radius 2 is 2.09 bits per heavy atom. The Kier molecular flexibility index (Phi) is 2.34. The molecule has 8 nitrogen and oxygen atoms in total. The molecule has 1 saturated heterocycles. The minimum absolute atomic E-state index is 0.181. The fraction of sp³-hybridized carbons (Fsp3) is 0.429. The van der Waals surface area contributed by atoms with E-state index in [-0.39, 0.29) is 6.04 Å². The number of hydrogen-bond acceptors (Lipinski definition) is 7. The normalized spacial score (nSPS) is 18.7. The maximum Gasteiger partial charge on any atom is 0.164 e. The van der Waals surface area contributed by atoms with E-state index in [0.717, 1.165) is 24.0 Å². The molecule has 0 radical (unpaired) electrons. The van der Waals surface area contributed by atoms with Crippen LogP contribution >= 0.6 is 0 Å². The molecule has 22 heavy (non-hydrogen) atoms. The molecule has 3 aromatic rings. The van der Waals surface area contributed by atoms with Gasteiger partial charge < -0.3 is 15.0 Å². The third-order valence-electron chi connectivity index (χ3n) is 4.24. The molecule has 1 saturated carbocycles. The summed E-state index contributed by atoms with van der Waals surface area (Å²) in [6.07, 6.45) is 3.78. The highest BCUT2D eigenvalue weighted by Crippen LogP contribution is 2.42. The Labute approximate surface area is 125 Å². The minimum atomic E-state index is 0.181. The summed E-state index contributed by atoms with van der Waals surface area (Å²) in [4.78, 5) is 8.43. The first-order chi connectivity index (χ1) is 10.8. The summed E-state index contributed by atoms with van der Waals surface area (Å²) in [5.74, 6) is 1.82. The number of hydrogen-bond donors (Lipinski definition) is 1. The summed E-state index contributed by atoms with van der Waals surface area (Å²) in [5.41, 5.74) is 8.13. The van der Waals surface area contributed by atoms with Gasteiger partial charge >= 0.3 is 0 Å². The number of nitrogen functional groups attached to an aromatic ring is 1. The standard InChI is InChI=1S/C14H14N6O2/c15-13-11-12(9-3-10(22-19-9)7-1-2-7)18-20(8-4-21-5-8)14(11)17-6-16-13/h3,6-8H,1-2,4-5H2,(H2,15,16,17). The quantitative estimate of drug-likeness (QED) is 0.781. The zero-order valence-electron chi connectivity index (χ0n) is 11.8. The van der Waals surface area contributed by atoms with Crippen molar-refractivity contribution in [2.45, 2.75) is 24.8 Å². The topological polar surface area (TPSA) is 105 Å². The molecule has 0 amide bonds. The lowest BCUT2D eigenvalue weighted by atomic mass is 10.2. The molecule has 0 unspecified atom stereocenters. The SMILES string of the molecule is Nc1ncnc2c1c(-c1cc(C3CC3)on1)nn2C1COC1. The van der Waals surface area contributed by atoms with Gasteiger partial charge in [0, 0.05) is 12.0 Å². The summed E-state index contributed by atoms with van der Waals surface area (Å²) in [6, 6.07) is 2.13. The summed E-state index contributed by atoms with van der Waals surface area (Å²) < 4.78 is 12.6. The second-order valence-corrected chi connectivity index (χ2v) is 5.83. The Hall–Kier alpha value is -2.48. The van der Waals surface area contributed by atoms with Crippen LogP contribution in [-0.2, 0) is 4.74 Å². The van der Waals surface area contributed by atoms with E-state index in [2.05, 4.69) is 20.2 Å². The van der Waals surface area contributed by atoms with E-state index in [4.69, 9.17) is 15.0 Å². The number of ether oxygens (including phenoxy) is 1. The van der Waals surface area contributed by atoms with Gasteiger partial charge in [0.2, 0.25) is 0 Å². The van der Waals surface area contributed by atoms with E-state index in [1.165, 1.54) is 6.33 Å². The molecule has 2 fully saturated rings. The van der Waals surface area contributed by atoms with Gasteiger partial charge in [0.25, 0.3) is 0 Å². The van der Waals surface area contributed by atoms with Crippen molar-refractivity contribution in [3.63, 3.8) is 0 Å². The average Bonchev–Trinajstić information content (AvgIpc) is 3.07. The molecule has 4 heterocycles. The molecule has 2 aliphatic rings. The van der Waals surface area contributed by atoms with Crippen LogP contribution in [0.5, 0.6) is 0 Å². The van der Waals surface area contributed by atoms with Crippen LogP contribution in [0.2, 0.25) is 0 Å². The van der Waals surface area contributed by atoms with Gasteiger partial charge in [-0.2, -0.15) is 5.10 Å². The molecule has 3 aromatic heterocycles. The molecular weight excluding hydrogens is 284 g/mol. The summed E-state index contributed by atoms with van der Waals surface area (Å²) >= 11 is 0. The van der Waals surface area contributed by atoms with Crippen LogP contribution in [-0.4, -0.2) is 38.1 Å². The maximum absolute atomic E-state index is 6.05. The van der Waals surface area contributed by atoms with Crippen molar-refractivity contribution in [1.82, 2.24) is 24.9 Å². The van der Waals surface area contributed by atoms with E-state index in [9.17, 15) is 0 Å². The molecule has 0 spiro atoms. The molecule has 0 atom stereocenters. The molecule has 1 aliphatic heterocycles. The average molecular weight is 298 g/mol. The van der Waals surface area contributed by atoms with E-state index >= 15 is 0 Å². The number of anilines is 1. The predicted molar refractivity (Wildman–Crippen MR) is 77.1 cm³/mol. The third-order valence-corrected chi connectivity index (χ3v) is 4.24. The molecular formula is C14H14N6O2. The van der Waals surface area contributed by atoms with E-state index in [1.54, 1.807) is 0 Å². The number of fused-ring (bicyclic) bond motifs is 1. The van der Waals surface area contributed by atoms with Gasteiger partial charge in [0.1, 0.15) is 35.3 Å². The van der Waals surface area contributed by atoms with Crippen LogP contribution in [0.25, 0.3) is 22.4 Å². The first-order valence-corrected chi connectivity index (χ1v) is 7.34. The van der Waals surface area contributed by atoms with Gasteiger partial charge in [-0.1, -0.05) is 5.16 Å². The molecule has 1 aliphatic carbocycles. The van der Waals surface area contributed by atoms with Crippen molar-refractivity contribution in [1.29, 1.82) is 0 Å². The second kappa shape index (κ2) is 4.26. The van der Waals surface area contributed by atoms with Gasteiger partial charge in [-0.15, -0.1) is 0 Å². The van der Waals surface area contributed by atoms with E-state index in [1.807, 2.05) is 10.7 Å². The zero-order chi connectivity index (χ0) is 14.7. The fourth-order valence-electron chi connectivity index (χ4n) is 2.75. The molecule has 2 N–H and O–H groups in total. The van der Waals surface area contributed by atoms with Crippen molar-refractivity contribution in [2.24, 2.45) is 0 Å². The van der Waals surface area contributed by atoms with E-state index < -0.39 is 0 Å². The summed E-state index contributed by atoms with van der Waals surface area (Å²) in [7, 11) is 0. The summed E-state index contributed by atoms with van der Waals surface area (Å²) in [6.45, 7) is 1.26. The third kappa shape index (κ3) is 1.67. The first-order valence-electron chi connectivity index (χ1n) is 7.34. The Bertz CT molecular complexity index is 861. The Morgan fingerprint density at radius 3 is 2.82 bits per heavy atom. The van der Waals surface area contributed by atoms with Gasteiger partial charge in [0.05, 0.1) is 18.6 Å². The van der Waals surface area contributed by atoms with Crippen molar-refractivity contribution >= 4 is 16.9 Å². The van der Waals surface area contributed by atoms with Crippen molar-refractivity contribution in [3.8, 4) is 11.4 Å². The molecule has 5 rings (SSSR count). The van der Waals surface area contributed by atoms with Crippen molar-refractivity contribution in [3.05, 3.63) is 18.2 Å². The maximum atomic E-state index is 6.05. The Morgan fingerprint density at radius 1 is 1.23 bits per heavy atom. The number of nitrogens with zero attached hydrogens (tertiary/aromatic N) is 5. The van der Waals surface area contributed by atoms with Crippen LogP contribution in [0.15, 0.2) is 16.9 Å². The zero-order valence-corrected chi connectivity index (χ0v) is 11.8. The highest BCUT2D eigenvalue weighted by Gasteiger charge is 2.31. The monoisotopic (exact) mass is 298 g/mol. The van der Waals surface area contributed by atoms with Crippen LogP contribution in [0, 0.1) is 0 Å². The molecule has 112 valence electrons. The lowest BCUT2D eigenvalue weighted by Crippen LogP contribution is -2.31. The smallest absolute Gasteiger partial charge is 0.164 e. The van der Waals surface area contributed by atoms with Crippen molar-refractivity contribution < 1.29 is 9.26 Å². The summed E-state index contributed by atoms with van der Waals surface area (Å²) in [5, 5.41) is 9.56. The number of aromatic nitrogens is 5. The molecule has 8 heteroatoms. The van der Waals surface area contributed by atoms with Crippen LogP contribution in [0.4, 0.5) is 5.82 Å².